The molecular weight excluding hydrogens is 260 g/mol. The van der Waals surface area contributed by atoms with E-state index in [1.54, 1.807) is 16.7 Å². The molecule has 1 heterocycles. The van der Waals surface area contributed by atoms with E-state index >= 15 is 0 Å². The van der Waals surface area contributed by atoms with Crippen molar-refractivity contribution < 1.29 is 19.4 Å². The lowest BCUT2D eigenvalue weighted by atomic mass is 10.2. The number of rotatable bonds is 4. The zero-order chi connectivity index (χ0) is 14.3. The number of esters is 1. The van der Waals surface area contributed by atoms with E-state index in [1.165, 1.54) is 13.2 Å². The number of carboxylic acid groups (broad SMARTS) is 1. The summed E-state index contributed by atoms with van der Waals surface area (Å²) in [6, 6.07) is 4.95. The van der Waals surface area contributed by atoms with E-state index in [-0.39, 0.29) is 12.1 Å². The van der Waals surface area contributed by atoms with E-state index in [4.69, 9.17) is 4.74 Å². The van der Waals surface area contributed by atoms with Gasteiger partial charge in [0.2, 0.25) is 0 Å². The third-order valence-corrected chi connectivity index (χ3v) is 3.48. The summed E-state index contributed by atoms with van der Waals surface area (Å²) in [5, 5.41) is 9.30. The van der Waals surface area contributed by atoms with E-state index in [0.717, 1.165) is 18.7 Å². The Morgan fingerprint density at radius 3 is 2.80 bits per heavy atom. The summed E-state index contributed by atoms with van der Waals surface area (Å²) >= 11 is 0. The third kappa shape index (κ3) is 2.03. The Morgan fingerprint density at radius 2 is 2.20 bits per heavy atom. The summed E-state index contributed by atoms with van der Waals surface area (Å²) in [6.45, 7) is -0.0108. The number of fused-ring (bicyclic) bond motifs is 1. The van der Waals surface area contributed by atoms with Gasteiger partial charge in [0.05, 0.1) is 23.7 Å². The fourth-order valence-corrected chi connectivity index (χ4v) is 2.38. The number of hydrogen-bond donors (Lipinski definition) is 1. The zero-order valence-corrected chi connectivity index (χ0v) is 11.0. The van der Waals surface area contributed by atoms with Crippen molar-refractivity contribution >= 4 is 23.0 Å². The van der Waals surface area contributed by atoms with Gasteiger partial charge in [0.15, 0.2) is 0 Å². The molecule has 0 bridgehead atoms. The van der Waals surface area contributed by atoms with Gasteiger partial charge in [-0.1, -0.05) is 6.07 Å². The first-order valence-electron chi connectivity index (χ1n) is 6.41. The highest BCUT2D eigenvalue weighted by atomic mass is 16.5. The minimum Gasteiger partial charge on any atom is -0.478 e. The smallest absolute Gasteiger partial charge is 0.337 e. The number of carboxylic acids is 1. The molecule has 1 N–H and O–H groups in total. The molecule has 6 nitrogen and oxygen atoms in total. The van der Waals surface area contributed by atoms with Gasteiger partial charge in [-0.2, -0.15) is 0 Å². The summed E-state index contributed by atoms with van der Waals surface area (Å²) in [6.07, 6.45) is 2.04. The highest BCUT2D eigenvalue weighted by Crippen LogP contribution is 2.41. The maximum Gasteiger partial charge on any atom is 0.337 e. The number of nitrogens with zero attached hydrogens (tertiary/aromatic N) is 2. The number of benzene rings is 1. The van der Waals surface area contributed by atoms with Gasteiger partial charge >= 0.3 is 11.9 Å². The minimum absolute atomic E-state index is 0.0108. The molecule has 20 heavy (non-hydrogen) atoms. The number of ether oxygens (including phenoxy) is 1. The van der Waals surface area contributed by atoms with Gasteiger partial charge in [0.25, 0.3) is 0 Å². The van der Waals surface area contributed by atoms with Crippen molar-refractivity contribution in [3.05, 3.63) is 29.6 Å². The Morgan fingerprint density at radius 1 is 1.45 bits per heavy atom. The molecule has 1 fully saturated rings. The van der Waals surface area contributed by atoms with Crippen LogP contribution in [-0.4, -0.2) is 33.7 Å². The number of aromatic carboxylic acids is 1. The molecule has 2 aromatic rings. The van der Waals surface area contributed by atoms with Gasteiger partial charge in [0, 0.05) is 5.92 Å². The second-order valence-electron chi connectivity index (χ2n) is 4.89. The molecule has 0 radical (unpaired) electrons. The summed E-state index contributed by atoms with van der Waals surface area (Å²) in [5.41, 5.74) is 1.26. The molecule has 1 aromatic heterocycles. The summed E-state index contributed by atoms with van der Waals surface area (Å²) in [4.78, 5) is 27.4. The predicted octanol–water partition coefficient (Wildman–Crippen LogP) is 1.78. The van der Waals surface area contributed by atoms with Gasteiger partial charge in [-0.05, 0) is 25.0 Å². The van der Waals surface area contributed by atoms with Crippen LogP contribution in [0.3, 0.4) is 0 Å². The average molecular weight is 274 g/mol. The molecule has 0 saturated heterocycles. The van der Waals surface area contributed by atoms with Crippen molar-refractivity contribution in [3.8, 4) is 0 Å². The first-order valence-corrected chi connectivity index (χ1v) is 6.41. The zero-order valence-electron chi connectivity index (χ0n) is 11.0. The van der Waals surface area contributed by atoms with E-state index in [9.17, 15) is 14.7 Å². The molecule has 0 aliphatic heterocycles. The molecular formula is C14H14N2O4. The summed E-state index contributed by atoms with van der Waals surface area (Å²) in [5.74, 6) is -0.344. The first kappa shape index (κ1) is 12.7. The highest BCUT2D eigenvalue weighted by molar-refractivity contribution is 6.01. The predicted molar refractivity (Wildman–Crippen MR) is 70.7 cm³/mol. The third-order valence-electron chi connectivity index (χ3n) is 3.48. The molecule has 6 heteroatoms. The van der Waals surface area contributed by atoms with Crippen LogP contribution in [0.25, 0.3) is 11.0 Å². The fraction of sp³-hybridized carbons (Fsp3) is 0.357. The van der Waals surface area contributed by atoms with Gasteiger partial charge in [-0.25, -0.2) is 9.78 Å². The van der Waals surface area contributed by atoms with E-state index in [0.29, 0.717) is 17.0 Å². The van der Waals surface area contributed by atoms with Crippen molar-refractivity contribution in [2.24, 2.45) is 0 Å². The minimum atomic E-state index is -1.02. The molecule has 3 rings (SSSR count). The molecule has 1 aromatic carbocycles. The number of hydrogen-bond acceptors (Lipinski definition) is 4. The molecule has 0 unspecified atom stereocenters. The normalized spacial score (nSPS) is 14.4. The van der Waals surface area contributed by atoms with E-state index in [2.05, 4.69) is 4.98 Å². The van der Waals surface area contributed by atoms with Gasteiger partial charge in [-0.15, -0.1) is 0 Å². The standard InChI is InChI=1S/C14H14N2O4/c1-20-11(17)7-16-12-9(14(18)19)3-2-4-10(12)15-13(16)8-5-6-8/h2-4,8H,5-7H2,1H3,(H,18,19). The molecule has 0 amide bonds. The number of carbonyl (C=O) groups is 2. The lowest BCUT2D eigenvalue weighted by Crippen LogP contribution is -2.15. The van der Waals surface area contributed by atoms with E-state index < -0.39 is 11.9 Å². The van der Waals surface area contributed by atoms with Crippen LogP contribution in [0, 0.1) is 0 Å². The lowest BCUT2D eigenvalue weighted by molar-refractivity contribution is -0.141. The first-order chi connectivity index (χ1) is 9.61. The number of imidazole rings is 1. The van der Waals surface area contributed by atoms with Crippen LogP contribution in [0.4, 0.5) is 0 Å². The summed E-state index contributed by atoms with van der Waals surface area (Å²) in [7, 11) is 1.32. The topological polar surface area (TPSA) is 81.4 Å². The molecule has 104 valence electrons. The SMILES string of the molecule is COC(=O)Cn1c(C2CC2)nc2cccc(C(=O)O)c21. The van der Waals surface area contributed by atoms with Crippen molar-refractivity contribution in [2.75, 3.05) is 7.11 Å². The van der Waals surface area contributed by atoms with Crippen molar-refractivity contribution in [1.29, 1.82) is 0 Å². The molecule has 1 aliphatic carbocycles. The van der Waals surface area contributed by atoms with Gasteiger partial charge in [0.1, 0.15) is 12.4 Å². The number of carbonyl (C=O) groups excluding carboxylic acids is 1. The number of para-hydroxylation sites is 1. The molecule has 0 atom stereocenters. The molecule has 1 saturated carbocycles. The number of aromatic nitrogens is 2. The second-order valence-corrected chi connectivity index (χ2v) is 4.89. The quantitative estimate of drug-likeness (QED) is 0.859. The number of methoxy groups -OCH3 is 1. The van der Waals surface area contributed by atoms with Crippen molar-refractivity contribution in [1.82, 2.24) is 9.55 Å². The average Bonchev–Trinajstić information content (AvgIpc) is 3.21. The Labute approximate surface area is 115 Å². The summed E-state index contributed by atoms with van der Waals surface area (Å²) < 4.78 is 6.38. The maximum atomic E-state index is 11.6. The van der Waals surface area contributed by atoms with Crippen molar-refractivity contribution in [3.63, 3.8) is 0 Å². The van der Waals surface area contributed by atoms with Crippen LogP contribution in [0.1, 0.15) is 34.9 Å². The fourth-order valence-electron chi connectivity index (χ4n) is 2.38. The Bertz CT molecular complexity index is 701. The Hall–Kier alpha value is -2.37. The van der Waals surface area contributed by atoms with Crippen LogP contribution in [0.5, 0.6) is 0 Å². The lowest BCUT2D eigenvalue weighted by Gasteiger charge is -2.08. The van der Waals surface area contributed by atoms with Crippen LogP contribution in [-0.2, 0) is 16.1 Å². The highest BCUT2D eigenvalue weighted by Gasteiger charge is 2.31. The van der Waals surface area contributed by atoms with Crippen LogP contribution < -0.4 is 0 Å². The van der Waals surface area contributed by atoms with Gasteiger partial charge in [-0.3, -0.25) is 4.79 Å². The van der Waals surface area contributed by atoms with E-state index in [1.807, 2.05) is 0 Å². The van der Waals surface area contributed by atoms with Crippen LogP contribution >= 0.6 is 0 Å². The Balaban J connectivity index is 2.23. The monoisotopic (exact) mass is 274 g/mol. The van der Waals surface area contributed by atoms with Crippen molar-refractivity contribution in [2.45, 2.75) is 25.3 Å². The van der Waals surface area contributed by atoms with Crippen LogP contribution in [0.2, 0.25) is 0 Å². The van der Waals surface area contributed by atoms with Gasteiger partial charge < -0.3 is 14.4 Å². The molecule has 1 aliphatic rings. The largest absolute Gasteiger partial charge is 0.478 e. The van der Waals surface area contributed by atoms with Crippen LogP contribution in [0.15, 0.2) is 18.2 Å². The Kier molecular flexibility index (Phi) is 2.93. The second kappa shape index (κ2) is 4.63. The maximum absolute atomic E-state index is 11.6. The molecule has 0 spiro atoms.